The number of hydrogen-bond donors (Lipinski definition) is 0. The van der Waals surface area contributed by atoms with Crippen molar-refractivity contribution in [1.82, 2.24) is 0 Å². The monoisotopic (exact) mass is 163 g/mol. The van der Waals surface area contributed by atoms with Gasteiger partial charge >= 0.3 is 0 Å². The van der Waals surface area contributed by atoms with Crippen molar-refractivity contribution in [2.24, 2.45) is 10.4 Å². The van der Waals surface area contributed by atoms with Crippen molar-refractivity contribution in [3.8, 4) is 12.3 Å². The van der Waals surface area contributed by atoms with Crippen LogP contribution in [-0.2, 0) is 0 Å². The molecule has 0 unspecified atom stereocenters. The first kappa shape index (κ1) is 11.0. The zero-order valence-corrected chi connectivity index (χ0v) is 8.60. The zero-order valence-electron chi connectivity index (χ0n) is 8.60. The van der Waals surface area contributed by atoms with Gasteiger partial charge in [0, 0.05) is 17.5 Å². The van der Waals surface area contributed by atoms with E-state index >= 15 is 0 Å². The third kappa shape index (κ3) is 3.98. The van der Waals surface area contributed by atoms with Crippen LogP contribution in [-0.4, -0.2) is 5.71 Å². The second-order valence-corrected chi connectivity index (χ2v) is 4.01. The summed E-state index contributed by atoms with van der Waals surface area (Å²) in [7, 11) is 0. The molecule has 0 aromatic heterocycles. The number of hydrogen-bond acceptors (Lipinski definition) is 1. The van der Waals surface area contributed by atoms with Crippen molar-refractivity contribution in [1.29, 1.82) is 0 Å². The topological polar surface area (TPSA) is 12.4 Å². The molecule has 0 saturated carbocycles. The van der Waals surface area contributed by atoms with Gasteiger partial charge in [-0.15, -0.1) is 6.42 Å². The van der Waals surface area contributed by atoms with Gasteiger partial charge in [0.2, 0.25) is 0 Å². The van der Waals surface area contributed by atoms with E-state index in [1.54, 1.807) is 6.20 Å². The molecule has 0 N–H and O–H groups in total. The van der Waals surface area contributed by atoms with Gasteiger partial charge in [0.25, 0.3) is 0 Å². The number of rotatable bonds is 1. The molecule has 0 rings (SSSR count). The Bertz CT molecular complexity index is 239. The fourth-order valence-corrected chi connectivity index (χ4v) is 0.641. The molecule has 0 saturated heterocycles. The van der Waals surface area contributed by atoms with Gasteiger partial charge in [-0.25, -0.2) is 0 Å². The molecule has 0 heterocycles. The Morgan fingerprint density at radius 3 is 2.08 bits per heavy atom. The summed E-state index contributed by atoms with van der Waals surface area (Å²) in [5.41, 5.74) is 1.98. The number of nitrogens with zero attached hydrogens (tertiary/aromatic N) is 1. The molecule has 0 fully saturated rings. The molecule has 0 aromatic rings. The van der Waals surface area contributed by atoms with E-state index in [9.17, 15) is 0 Å². The minimum absolute atomic E-state index is 0.0215. The van der Waals surface area contributed by atoms with Gasteiger partial charge in [0.1, 0.15) is 0 Å². The highest BCUT2D eigenvalue weighted by Gasteiger charge is 2.14. The fraction of sp³-hybridized carbons (Fsp3) is 0.545. The molecule has 0 aliphatic heterocycles. The van der Waals surface area contributed by atoms with Crippen molar-refractivity contribution in [3.63, 3.8) is 0 Å². The second kappa shape index (κ2) is 4.11. The quantitative estimate of drug-likeness (QED) is 0.416. The van der Waals surface area contributed by atoms with Gasteiger partial charge in [-0.2, -0.15) is 0 Å². The van der Waals surface area contributed by atoms with Crippen LogP contribution in [0.5, 0.6) is 0 Å². The van der Waals surface area contributed by atoms with Crippen molar-refractivity contribution in [2.45, 2.75) is 34.6 Å². The maximum absolute atomic E-state index is 5.36. The molecule has 0 radical (unpaired) electrons. The van der Waals surface area contributed by atoms with Crippen LogP contribution in [0.2, 0.25) is 0 Å². The molecule has 0 aromatic carbocycles. The number of aliphatic imine (C=N–C) groups is 1. The summed E-state index contributed by atoms with van der Waals surface area (Å²) in [6.07, 6.45) is 7.13. The first-order valence-electron chi connectivity index (χ1n) is 4.06. The van der Waals surface area contributed by atoms with Crippen molar-refractivity contribution < 1.29 is 0 Å². The van der Waals surface area contributed by atoms with Gasteiger partial charge < -0.3 is 0 Å². The second-order valence-electron chi connectivity index (χ2n) is 4.01. The lowest BCUT2D eigenvalue weighted by atomic mass is 9.88. The lowest BCUT2D eigenvalue weighted by molar-refractivity contribution is 0.520. The lowest BCUT2D eigenvalue weighted by Gasteiger charge is -2.16. The molecule has 0 aliphatic rings. The van der Waals surface area contributed by atoms with Crippen LogP contribution in [0.3, 0.4) is 0 Å². The molecule has 0 bridgehead atoms. The molecule has 0 spiro atoms. The fourth-order valence-electron chi connectivity index (χ4n) is 0.641. The maximum Gasteiger partial charge on any atom is 0.0387 e. The molecule has 1 heteroatoms. The predicted molar refractivity (Wildman–Crippen MR) is 55.2 cm³/mol. The van der Waals surface area contributed by atoms with E-state index in [1.165, 1.54) is 0 Å². The van der Waals surface area contributed by atoms with E-state index in [1.807, 2.05) is 13.8 Å². The molecule has 0 amide bonds. The summed E-state index contributed by atoms with van der Waals surface area (Å²) >= 11 is 0. The Hall–Kier alpha value is -1.03. The molecule has 66 valence electrons. The van der Waals surface area contributed by atoms with Crippen LogP contribution >= 0.6 is 0 Å². The highest BCUT2D eigenvalue weighted by Crippen LogP contribution is 2.24. The summed E-state index contributed by atoms with van der Waals surface area (Å²) in [4.78, 5) is 4.17. The zero-order chi connectivity index (χ0) is 9.78. The van der Waals surface area contributed by atoms with Gasteiger partial charge in [-0.3, -0.25) is 4.99 Å². The standard InChI is InChI=1S/C11H17N/c1-7-10(11(4,5)6)8-12-9(2)3/h1,8H,2-6H3/b10-8+. The predicted octanol–water partition coefficient (Wildman–Crippen LogP) is 3.03. The van der Waals surface area contributed by atoms with Gasteiger partial charge in [0.05, 0.1) is 0 Å². The third-order valence-corrected chi connectivity index (χ3v) is 1.42. The van der Waals surface area contributed by atoms with E-state index < -0.39 is 0 Å². The summed E-state index contributed by atoms with van der Waals surface area (Å²) in [6, 6.07) is 0. The maximum atomic E-state index is 5.36. The smallest absolute Gasteiger partial charge is 0.0387 e. The normalized spacial score (nSPS) is 12.2. The molecule has 0 atom stereocenters. The van der Waals surface area contributed by atoms with Crippen LogP contribution in [0.4, 0.5) is 0 Å². The van der Waals surface area contributed by atoms with E-state index in [2.05, 4.69) is 31.7 Å². The Morgan fingerprint density at radius 2 is 1.83 bits per heavy atom. The highest BCUT2D eigenvalue weighted by molar-refractivity contribution is 5.79. The highest BCUT2D eigenvalue weighted by atomic mass is 14.7. The van der Waals surface area contributed by atoms with Crippen molar-refractivity contribution in [3.05, 3.63) is 11.8 Å². The summed E-state index contributed by atoms with van der Waals surface area (Å²) < 4.78 is 0. The van der Waals surface area contributed by atoms with E-state index in [0.717, 1.165) is 11.3 Å². The Kier molecular flexibility index (Phi) is 3.76. The number of allylic oxidation sites excluding steroid dienone is 1. The molecule has 1 nitrogen and oxygen atoms in total. The van der Waals surface area contributed by atoms with Gasteiger partial charge in [-0.05, 0) is 19.3 Å². The summed E-state index contributed by atoms with van der Waals surface area (Å²) in [5.74, 6) is 2.65. The van der Waals surface area contributed by atoms with Gasteiger partial charge in [0.15, 0.2) is 0 Å². The SMILES string of the molecule is C#C/C(=C\N=C(C)C)C(C)(C)C. The molecular formula is C11H17N. The van der Waals surface area contributed by atoms with Crippen molar-refractivity contribution >= 4 is 5.71 Å². The third-order valence-electron chi connectivity index (χ3n) is 1.42. The summed E-state index contributed by atoms with van der Waals surface area (Å²) in [5, 5.41) is 0. The van der Waals surface area contributed by atoms with E-state index in [-0.39, 0.29) is 5.41 Å². The average molecular weight is 163 g/mol. The molecular weight excluding hydrogens is 146 g/mol. The first-order valence-corrected chi connectivity index (χ1v) is 4.06. The van der Waals surface area contributed by atoms with Crippen LogP contribution in [0.15, 0.2) is 16.8 Å². The van der Waals surface area contributed by atoms with Crippen molar-refractivity contribution in [2.75, 3.05) is 0 Å². The Labute approximate surface area is 75.6 Å². The van der Waals surface area contributed by atoms with Crippen LogP contribution in [0.1, 0.15) is 34.6 Å². The van der Waals surface area contributed by atoms with Crippen LogP contribution < -0.4 is 0 Å². The Balaban J connectivity index is 4.72. The van der Waals surface area contributed by atoms with Crippen LogP contribution in [0, 0.1) is 17.8 Å². The largest absolute Gasteiger partial charge is 0.265 e. The van der Waals surface area contributed by atoms with Crippen LogP contribution in [0.25, 0.3) is 0 Å². The van der Waals surface area contributed by atoms with Gasteiger partial charge in [-0.1, -0.05) is 26.7 Å². The lowest BCUT2D eigenvalue weighted by Crippen LogP contribution is -2.07. The minimum Gasteiger partial charge on any atom is -0.265 e. The number of terminal acetylenes is 1. The average Bonchev–Trinajstić information content (AvgIpc) is 1.85. The van der Waals surface area contributed by atoms with E-state index in [4.69, 9.17) is 6.42 Å². The summed E-state index contributed by atoms with van der Waals surface area (Å²) in [6.45, 7) is 10.2. The molecule has 12 heavy (non-hydrogen) atoms. The molecule has 0 aliphatic carbocycles. The minimum atomic E-state index is 0.0215. The first-order chi connectivity index (χ1) is 5.38. The Morgan fingerprint density at radius 1 is 1.33 bits per heavy atom. The van der Waals surface area contributed by atoms with E-state index in [0.29, 0.717) is 0 Å².